The van der Waals surface area contributed by atoms with Crippen LogP contribution < -0.4 is 26.6 Å². The summed E-state index contributed by atoms with van der Waals surface area (Å²) >= 11 is 0. The lowest BCUT2D eigenvalue weighted by Gasteiger charge is -2.30. The van der Waals surface area contributed by atoms with Gasteiger partial charge in [-0.05, 0) is 42.8 Å². The zero-order valence-corrected chi connectivity index (χ0v) is 31.8. The van der Waals surface area contributed by atoms with Crippen LogP contribution in [0.4, 0.5) is 5.69 Å². The van der Waals surface area contributed by atoms with Gasteiger partial charge in [0.05, 0.1) is 17.8 Å². The summed E-state index contributed by atoms with van der Waals surface area (Å²) in [6.07, 6.45) is 2.26. The van der Waals surface area contributed by atoms with Gasteiger partial charge in [0.15, 0.2) is 0 Å². The minimum absolute atomic E-state index is 0.0230. The molecule has 57 heavy (non-hydrogen) atoms. The molecule has 3 aromatic carbocycles. The third-order valence-electron chi connectivity index (χ3n) is 10.3. The van der Waals surface area contributed by atoms with E-state index in [4.69, 9.17) is 0 Å². The van der Waals surface area contributed by atoms with Gasteiger partial charge in [-0.15, -0.1) is 5.10 Å². The molecule has 3 aliphatic heterocycles. The van der Waals surface area contributed by atoms with Gasteiger partial charge in [0.1, 0.15) is 24.2 Å². The fraction of sp³-hybridized carbons (Fsp3) is 0.366. The maximum Gasteiger partial charge on any atom is 0.326 e. The molecule has 4 aromatic rings. The molecule has 6 atom stereocenters. The zero-order valence-electron chi connectivity index (χ0n) is 31.8. The number of carbonyl (C=O) groups excluding carboxylic acids is 5. The van der Waals surface area contributed by atoms with Crippen molar-refractivity contribution in [2.45, 2.75) is 81.7 Å². The molecule has 1 fully saturated rings. The van der Waals surface area contributed by atoms with Crippen molar-refractivity contribution in [2.75, 3.05) is 18.9 Å². The summed E-state index contributed by atoms with van der Waals surface area (Å²) in [5.41, 5.74) is 3.15. The van der Waals surface area contributed by atoms with E-state index in [0.29, 0.717) is 22.5 Å². The van der Waals surface area contributed by atoms with E-state index in [-0.39, 0.29) is 51.0 Å². The van der Waals surface area contributed by atoms with E-state index >= 15 is 0 Å². The number of nitrogens with one attached hydrogen (secondary N) is 5. The highest BCUT2D eigenvalue weighted by molar-refractivity contribution is 5.96. The van der Waals surface area contributed by atoms with Crippen LogP contribution in [0.5, 0.6) is 0 Å². The Balaban J connectivity index is 1.36. The first-order chi connectivity index (χ1) is 27.5. The quantitative estimate of drug-likeness (QED) is 0.143. The van der Waals surface area contributed by atoms with Crippen LogP contribution in [0.25, 0.3) is 0 Å². The summed E-state index contributed by atoms with van der Waals surface area (Å²) in [7, 11) is 1.63. The topological polar surface area (TPSA) is 217 Å². The molecule has 16 nitrogen and oxygen atoms in total. The van der Waals surface area contributed by atoms with Gasteiger partial charge in [0, 0.05) is 57.0 Å². The number of carboxylic acids is 1. The maximum absolute atomic E-state index is 14.7. The lowest BCUT2D eigenvalue weighted by Crippen LogP contribution is -2.58. The number of amides is 5. The number of aliphatic carboxylic acids is 1. The molecule has 5 amide bonds. The SMILES string of the molecule is CN[C@@H](C)C(=O)N[C@@H](Cc1ccccc1)C(=O)N1C[C@@H]2C[C@H]1C(=O)N[C@@H](Cc1ccccc1)C(=O)NC(C(=O)O)Cc1ccc(cc1)NC(=O)CCc1cn2nn1. The van der Waals surface area contributed by atoms with Crippen molar-refractivity contribution >= 4 is 41.2 Å². The number of likely N-dealkylation sites (N-methyl/N-ethyl adjacent to an activating group) is 1. The number of hydrogen-bond acceptors (Lipinski definition) is 9. The lowest BCUT2D eigenvalue weighted by molar-refractivity contribution is -0.143. The van der Waals surface area contributed by atoms with Gasteiger partial charge in [-0.2, -0.15) is 0 Å². The normalized spacial score (nSPS) is 21.3. The van der Waals surface area contributed by atoms with E-state index in [1.54, 1.807) is 73.4 Å². The van der Waals surface area contributed by atoms with Crippen molar-refractivity contribution in [1.29, 1.82) is 0 Å². The number of hydrogen-bond donors (Lipinski definition) is 6. The van der Waals surface area contributed by atoms with Crippen molar-refractivity contribution in [2.24, 2.45) is 0 Å². The number of carboxylic acid groups (broad SMARTS) is 1. The van der Waals surface area contributed by atoms with Crippen molar-refractivity contribution in [1.82, 2.24) is 41.2 Å². The van der Waals surface area contributed by atoms with Gasteiger partial charge < -0.3 is 36.6 Å². The van der Waals surface area contributed by atoms with Crippen molar-refractivity contribution in [3.05, 3.63) is 114 Å². The van der Waals surface area contributed by atoms with Gasteiger partial charge in [-0.1, -0.05) is 78.0 Å². The predicted molar refractivity (Wildman–Crippen MR) is 209 cm³/mol. The Labute approximate surface area is 329 Å². The first-order valence-electron chi connectivity index (χ1n) is 19.0. The predicted octanol–water partition coefficient (Wildman–Crippen LogP) is 1.18. The molecule has 0 saturated carbocycles. The molecule has 0 spiro atoms. The highest BCUT2D eigenvalue weighted by Gasteiger charge is 2.44. The summed E-state index contributed by atoms with van der Waals surface area (Å²) in [6, 6.07) is 18.9. The fourth-order valence-corrected chi connectivity index (χ4v) is 7.01. The number of aromatic nitrogens is 3. The molecule has 4 heterocycles. The number of rotatable bonds is 9. The second kappa shape index (κ2) is 18.5. The van der Waals surface area contributed by atoms with Crippen LogP contribution in [0, 0.1) is 0 Å². The third-order valence-corrected chi connectivity index (χ3v) is 10.3. The van der Waals surface area contributed by atoms with Crippen LogP contribution in [0.3, 0.4) is 0 Å². The van der Waals surface area contributed by atoms with Crippen LogP contribution in [0.15, 0.2) is 91.1 Å². The van der Waals surface area contributed by atoms with E-state index in [9.17, 15) is 33.9 Å². The summed E-state index contributed by atoms with van der Waals surface area (Å²) in [4.78, 5) is 83.1. The molecule has 0 aliphatic carbocycles. The molecule has 1 aromatic heterocycles. The molecular formula is C41H47N9O7. The molecule has 3 aliphatic rings. The average Bonchev–Trinajstić information content (AvgIpc) is 3.88. The Morgan fingerprint density at radius 1 is 0.895 bits per heavy atom. The molecule has 1 unspecified atom stereocenters. The average molecular weight is 778 g/mol. The smallest absolute Gasteiger partial charge is 0.326 e. The van der Waals surface area contributed by atoms with E-state index in [1.807, 2.05) is 36.4 Å². The van der Waals surface area contributed by atoms with Crippen LogP contribution >= 0.6 is 0 Å². The van der Waals surface area contributed by atoms with Gasteiger partial charge in [-0.3, -0.25) is 24.0 Å². The van der Waals surface area contributed by atoms with Crippen LogP contribution in [-0.4, -0.2) is 104 Å². The Morgan fingerprint density at radius 3 is 2.25 bits per heavy atom. The summed E-state index contributed by atoms with van der Waals surface area (Å²) in [6.45, 7) is 1.69. The Bertz CT molecular complexity index is 2060. The van der Waals surface area contributed by atoms with Gasteiger partial charge in [0.25, 0.3) is 0 Å². The third kappa shape index (κ3) is 10.5. The molecule has 6 N–H and O–H groups in total. The van der Waals surface area contributed by atoms with E-state index < -0.39 is 65.8 Å². The van der Waals surface area contributed by atoms with Gasteiger partial charge in [0.2, 0.25) is 29.5 Å². The second-order valence-electron chi connectivity index (χ2n) is 14.4. The molecular weight excluding hydrogens is 731 g/mol. The Hall–Kier alpha value is -6.42. The highest BCUT2D eigenvalue weighted by atomic mass is 16.4. The van der Waals surface area contributed by atoms with Crippen molar-refractivity contribution < 1.29 is 33.9 Å². The number of nitrogens with zero attached hydrogens (tertiary/aromatic N) is 4. The number of carbonyl (C=O) groups is 6. The van der Waals surface area contributed by atoms with Crippen molar-refractivity contribution in [3.8, 4) is 0 Å². The second-order valence-corrected chi connectivity index (χ2v) is 14.4. The molecule has 6 bridgehead atoms. The molecule has 298 valence electrons. The van der Waals surface area contributed by atoms with Gasteiger partial charge in [-0.25, -0.2) is 9.48 Å². The van der Waals surface area contributed by atoms with Gasteiger partial charge >= 0.3 is 5.97 Å². The number of likely N-dealkylation sites (tertiary alicyclic amines) is 1. The summed E-state index contributed by atoms with van der Waals surface area (Å²) < 4.78 is 1.57. The number of fused-ring (bicyclic) bond motifs is 11. The minimum atomic E-state index is -1.35. The van der Waals surface area contributed by atoms with Crippen LogP contribution in [0.2, 0.25) is 0 Å². The maximum atomic E-state index is 14.7. The van der Waals surface area contributed by atoms with E-state index in [0.717, 1.165) is 5.56 Å². The van der Waals surface area contributed by atoms with Crippen molar-refractivity contribution in [3.63, 3.8) is 0 Å². The number of aryl methyl sites for hydroxylation is 1. The van der Waals surface area contributed by atoms with Crippen LogP contribution in [0.1, 0.15) is 48.2 Å². The lowest BCUT2D eigenvalue weighted by atomic mass is 10.0. The van der Waals surface area contributed by atoms with Crippen LogP contribution in [-0.2, 0) is 54.5 Å². The molecule has 0 radical (unpaired) electrons. The Kier molecular flexibility index (Phi) is 13.0. The number of benzene rings is 3. The standard InChI is InChI=1S/C41H47N9O7/c1-25(42-2)37(52)45-33(20-27-11-7-4-8-12-27)40(55)49-24-31-22-35(49)39(54)44-32(19-26-9-5-3-6-10-26)38(53)46-34(41(56)57)21-28-13-15-29(16-14-28)43-36(51)18-17-30-23-50(31)48-47-30/h3-16,23,25,31-35,42H,17-22,24H2,1-2H3,(H,43,51)(H,44,54)(H,45,52)(H,46,53)(H,56,57)/t25-,31-,32-,33-,34?,35-/m0/s1. The Morgan fingerprint density at radius 2 is 1.58 bits per heavy atom. The van der Waals surface area contributed by atoms with E-state index in [2.05, 4.69) is 36.9 Å². The monoisotopic (exact) mass is 777 g/mol. The fourth-order valence-electron chi connectivity index (χ4n) is 7.01. The molecule has 7 rings (SSSR count). The zero-order chi connectivity index (χ0) is 40.5. The minimum Gasteiger partial charge on any atom is -0.480 e. The number of anilines is 1. The largest absolute Gasteiger partial charge is 0.480 e. The summed E-state index contributed by atoms with van der Waals surface area (Å²) in [5, 5.41) is 32.8. The summed E-state index contributed by atoms with van der Waals surface area (Å²) in [5.74, 6) is -3.82. The first kappa shape index (κ1) is 40.2. The molecule has 1 saturated heterocycles. The molecule has 16 heteroatoms. The first-order valence-corrected chi connectivity index (χ1v) is 19.0. The highest BCUT2D eigenvalue weighted by Crippen LogP contribution is 2.29. The van der Waals surface area contributed by atoms with E-state index in [1.165, 1.54) is 4.90 Å².